The molecule has 0 radical (unpaired) electrons. The molecular formula is C16H17ClFN. The van der Waals surface area contributed by atoms with E-state index >= 15 is 0 Å². The van der Waals surface area contributed by atoms with Gasteiger partial charge in [-0.2, -0.15) is 0 Å². The quantitative estimate of drug-likeness (QED) is 0.891. The van der Waals surface area contributed by atoms with Crippen molar-refractivity contribution < 1.29 is 4.39 Å². The van der Waals surface area contributed by atoms with Gasteiger partial charge in [0.05, 0.1) is 5.54 Å². The lowest BCUT2D eigenvalue weighted by atomic mass is 9.85. The monoisotopic (exact) mass is 277 g/mol. The fourth-order valence-electron chi connectivity index (χ4n) is 2.15. The number of hydrogen-bond acceptors (Lipinski definition) is 1. The van der Waals surface area contributed by atoms with Gasteiger partial charge in [-0.05, 0) is 36.6 Å². The van der Waals surface area contributed by atoms with Crippen LogP contribution in [0.1, 0.15) is 30.5 Å². The van der Waals surface area contributed by atoms with E-state index in [-0.39, 0.29) is 5.82 Å². The number of rotatable bonds is 3. The van der Waals surface area contributed by atoms with Gasteiger partial charge in [0.15, 0.2) is 0 Å². The molecular weight excluding hydrogens is 261 g/mol. The summed E-state index contributed by atoms with van der Waals surface area (Å²) in [5, 5.41) is 0.374. The first-order valence-corrected chi connectivity index (χ1v) is 6.66. The summed E-state index contributed by atoms with van der Waals surface area (Å²) >= 11 is 5.77. The maximum atomic E-state index is 14.0. The Morgan fingerprint density at radius 3 is 2.32 bits per heavy atom. The van der Waals surface area contributed by atoms with Gasteiger partial charge in [-0.3, -0.25) is 0 Å². The lowest BCUT2D eigenvalue weighted by molar-refractivity contribution is 0.531. The molecule has 0 aliphatic carbocycles. The van der Waals surface area contributed by atoms with Crippen LogP contribution in [0.4, 0.5) is 4.39 Å². The van der Waals surface area contributed by atoms with E-state index in [0.717, 1.165) is 12.0 Å². The summed E-state index contributed by atoms with van der Waals surface area (Å²) in [5.41, 5.74) is 8.00. The fourth-order valence-corrected chi connectivity index (χ4v) is 2.31. The fraction of sp³-hybridized carbons (Fsp3) is 0.250. The van der Waals surface area contributed by atoms with Crippen molar-refractivity contribution in [3.05, 3.63) is 70.0 Å². The average Bonchev–Trinajstić information content (AvgIpc) is 2.38. The molecule has 2 rings (SSSR count). The van der Waals surface area contributed by atoms with Gasteiger partial charge >= 0.3 is 0 Å². The molecule has 1 unspecified atom stereocenters. The molecule has 1 atom stereocenters. The third kappa shape index (κ3) is 2.80. The maximum absolute atomic E-state index is 14.0. The zero-order chi connectivity index (χ0) is 14.0. The molecule has 0 aliphatic heterocycles. The number of halogens is 2. The Hall–Kier alpha value is -1.38. The predicted octanol–water partition coefficient (Wildman–Crippen LogP) is 4.26. The molecule has 0 saturated carbocycles. The first-order chi connectivity index (χ1) is 8.95. The summed E-state index contributed by atoms with van der Waals surface area (Å²) in [6.45, 7) is 3.90. The highest BCUT2D eigenvalue weighted by Crippen LogP contribution is 2.30. The molecule has 0 bridgehead atoms. The van der Waals surface area contributed by atoms with E-state index in [1.807, 2.05) is 24.3 Å². The van der Waals surface area contributed by atoms with E-state index in [0.29, 0.717) is 10.6 Å². The molecule has 0 spiro atoms. The van der Waals surface area contributed by atoms with Crippen molar-refractivity contribution in [1.82, 2.24) is 0 Å². The summed E-state index contributed by atoms with van der Waals surface area (Å²) in [6.07, 6.45) is 0.969. The third-order valence-corrected chi connectivity index (χ3v) is 3.69. The van der Waals surface area contributed by atoms with Gasteiger partial charge < -0.3 is 5.73 Å². The van der Waals surface area contributed by atoms with Crippen LogP contribution in [0, 0.1) is 5.82 Å². The number of hydrogen-bond donors (Lipinski definition) is 1. The van der Waals surface area contributed by atoms with E-state index in [4.69, 9.17) is 17.3 Å². The Morgan fingerprint density at radius 1 is 1.16 bits per heavy atom. The topological polar surface area (TPSA) is 26.0 Å². The highest BCUT2D eigenvalue weighted by Gasteiger charge is 2.26. The van der Waals surface area contributed by atoms with Crippen LogP contribution in [0.2, 0.25) is 5.02 Å². The van der Waals surface area contributed by atoms with Crippen molar-refractivity contribution in [1.29, 1.82) is 0 Å². The Kier molecular flexibility index (Phi) is 3.93. The molecule has 2 aromatic carbocycles. The van der Waals surface area contributed by atoms with Crippen molar-refractivity contribution in [3.63, 3.8) is 0 Å². The number of benzene rings is 2. The Labute approximate surface area is 118 Å². The summed E-state index contributed by atoms with van der Waals surface area (Å²) in [5.74, 6) is -0.378. The Morgan fingerprint density at radius 2 is 1.79 bits per heavy atom. The molecule has 100 valence electrons. The standard InChI is InChI=1S/C16H17ClFN/c1-3-11-4-6-12(7-5-11)16(2,19)14-9-8-13(17)10-15(14)18/h4-10H,3,19H2,1-2H3. The normalized spacial score (nSPS) is 14.2. The molecule has 0 aliphatic rings. The van der Waals surface area contributed by atoms with Gasteiger partial charge in [0.1, 0.15) is 5.82 Å². The molecule has 0 aromatic heterocycles. The number of nitrogens with two attached hydrogens (primary N) is 1. The number of aryl methyl sites for hydroxylation is 1. The lowest BCUT2D eigenvalue weighted by Crippen LogP contribution is -2.35. The molecule has 0 saturated heterocycles. The molecule has 2 aromatic rings. The minimum Gasteiger partial charge on any atom is -0.318 e. The summed E-state index contributed by atoms with van der Waals surface area (Å²) < 4.78 is 14.0. The minimum atomic E-state index is -0.874. The first kappa shape index (κ1) is 14.0. The van der Waals surface area contributed by atoms with Gasteiger partial charge in [-0.25, -0.2) is 4.39 Å². The van der Waals surface area contributed by atoms with Crippen molar-refractivity contribution in [2.45, 2.75) is 25.8 Å². The average molecular weight is 278 g/mol. The van der Waals surface area contributed by atoms with Crippen molar-refractivity contribution >= 4 is 11.6 Å². The van der Waals surface area contributed by atoms with Gasteiger partial charge in [-0.15, -0.1) is 0 Å². The second-order valence-electron chi connectivity index (χ2n) is 4.88. The van der Waals surface area contributed by atoms with Crippen molar-refractivity contribution in [2.75, 3.05) is 0 Å². The molecule has 19 heavy (non-hydrogen) atoms. The van der Waals surface area contributed by atoms with Crippen LogP contribution >= 0.6 is 11.6 Å². The van der Waals surface area contributed by atoms with Crippen molar-refractivity contribution in [3.8, 4) is 0 Å². The van der Waals surface area contributed by atoms with E-state index in [1.165, 1.54) is 11.6 Å². The van der Waals surface area contributed by atoms with Crippen LogP contribution in [-0.4, -0.2) is 0 Å². The van der Waals surface area contributed by atoms with Crippen LogP contribution in [0.25, 0.3) is 0 Å². The van der Waals surface area contributed by atoms with Crippen LogP contribution in [0.5, 0.6) is 0 Å². The zero-order valence-electron chi connectivity index (χ0n) is 11.1. The summed E-state index contributed by atoms with van der Waals surface area (Å²) in [6, 6.07) is 12.5. The highest BCUT2D eigenvalue weighted by molar-refractivity contribution is 6.30. The zero-order valence-corrected chi connectivity index (χ0v) is 11.8. The minimum absolute atomic E-state index is 0.374. The molecule has 0 amide bonds. The predicted molar refractivity (Wildman–Crippen MR) is 77.9 cm³/mol. The van der Waals surface area contributed by atoms with E-state index in [1.54, 1.807) is 19.1 Å². The second-order valence-corrected chi connectivity index (χ2v) is 5.31. The Balaban J connectivity index is 2.45. The van der Waals surface area contributed by atoms with E-state index < -0.39 is 5.54 Å². The molecule has 2 N–H and O–H groups in total. The van der Waals surface area contributed by atoms with Gasteiger partial charge in [0.2, 0.25) is 0 Å². The first-order valence-electron chi connectivity index (χ1n) is 6.29. The van der Waals surface area contributed by atoms with Crippen LogP contribution in [0.15, 0.2) is 42.5 Å². The van der Waals surface area contributed by atoms with Gasteiger partial charge in [0, 0.05) is 10.6 Å². The van der Waals surface area contributed by atoms with E-state index in [2.05, 4.69) is 6.92 Å². The van der Waals surface area contributed by atoms with E-state index in [9.17, 15) is 4.39 Å². The second kappa shape index (κ2) is 5.32. The van der Waals surface area contributed by atoms with Gasteiger partial charge in [-0.1, -0.05) is 48.9 Å². The summed E-state index contributed by atoms with van der Waals surface area (Å²) in [7, 11) is 0. The molecule has 1 nitrogen and oxygen atoms in total. The highest BCUT2D eigenvalue weighted by atomic mass is 35.5. The molecule has 3 heteroatoms. The van der Waals surface area contributed by atoms with Crippen molar-refractivity contribution in [2.24, 2.45) is 5.73 Å². The molecule has 0 heterocycles. The largest absolute Gasteiger partial charge is 0.318 e. The van der Waals surface area contributed by atoms with Crippen LogP contribution < -0.4 is 5.73 Å². The van der Waals surface area contributed by atoms with Crippen LogP contribution in [-0.2, 0) is 12.0 Å². The Bertz CT molecular complexity index is 576. The third-order valence-electron chi connectivity index (χ3n) is 3.45. The lowest BCUT2D eigenvalue weighted by Gasteiger charge is -2.26. The van der Waals surface area contributed by atoms with Gasteiger partial charge in [0.25, 0.3) is 0 Å². The smallest absolute Gasteiger partial charge is 0.130 e. The summed E-state index contributed by atoms with van der Waals surface area (Å²) in [4.78, 5) is 0. The molecule has 0 fully saturated rings. The van der Waals surface area contributed by atoms with Crippen LogP contribution in [0.3, 0.4) is 0 Å². The maximum Gasteiger partial charge on any atom is 0.130 e. The SMILES string of the molecule is CCc1ccc(C(C)(N)c2ccc(Cl)cc2F)cc1.